The molecule has 0 bridgehead atoms. The first-order valence-corrected chi connectivity index (χ1v) is 11.4. The molecule has 1 saturated heterocycles. The second-order valence-corrected chi connectivity index (χ2v) is 11.0. The summed E-state index contributed by atoms with van der Waals surface area (Å²) in [5.74, 6) is 0. The number of amidine groups is 1. The van der Waals surface area contributed by atoms with Crippen molar-refractivity contribution in [1.82, 2.24) is 4.90 Å². The number of halogens is 3. The molecule has 0 aromatic heterocycles. The summed E-state index contributed by atoms with van der Waals surface area (Å²) < 4.78 is 2.09. The molecule has 2 aromatic carbocycles. The van der Waals surface area contributed by atoms with Crippen molar-refractivity contribution in [3.63, 3.8) is 0 Å². The van der Waals surface area contributed by atoms with Crippen LogP contribution < -0.4 is 0 Å². The fraction of sp³-hybridized carbons (Fsp3) is 0.381. The molecular formula is C21H23Br3N2OS. The monoisotopic (exact) mass is 588 g/mol. The Morgan fingerprint density at radius 2 is 1.64 bits per heavy atom. The quantitative estimate of drug-likeness (QED) is 0.462. The van der Waals surface area contributed by atoms with E-state index < -0.39 is 5.72 Å². The Morgan fingerprint density at radius 1 is 1.07 bits per heavy atom. The highest BCUT2D eigenvalue weighted by Gasteiger charge is 2.54. The van der Waals surface area contributed by atoms with Gasteiger partial charge in [-0.2, -0.15) is 0 Å². The van der Waals surface area contributed by atoms with Crippen molar-refractivity contribution in [2.75, 3.05) is 13.1 Å². The molecule has 1 fully saturated rings. The highest BCUT2D eigenvalue weighted by atomic mass is 79.9. The van der Waals surface area contributed by atoms with Gasteiger partial charge in [-0.15, -0.1) is 17.0 Å². The average molecular weight is 591 g/mol. The largest absolute Gasteiger partial charge is 0.369 e. The molecule has 2 unspecified atom stereocenters. The van der Waals surface area contributed by atoms with E-state index in [0.717, 1.165) is 38.3 Å². The predicted molar refractivity (Wildman–Crippen MR) is 130 cm³/mol. The van der Waals surface area contributed by atoms with Crippen LogP contribution >= 0.6 is 60.6 Å². The maximum Gasteiger partial charge on any atom is 0.162 e. The smallest absolute Gasteiger partial charge is 0.162 e. The highest BCUT2D eigenvalue weighted by Crippen LogP contribution is 2.52. The number of fused-ring (bicyclic) bond motifs is 1. The third-order valence-electron chi connectivity index (χ3n) is 5.12. The molecule has 0 radical (unpaired) electrons. The van der Waals surface area contributed by atoms with Crippen molar-refractivity contribution in [2.24, 2.45) is 10.4 Å². The number of thioether (sulfide) groups is 1. The van der Waals surface area contributed by atoms with Crippen LogP contribution in [-0.4, -0.2) is 34.0 Å². The van der Waals surface area contributed by atoms with E-state index in [9.17, 15) is 5.11 Å². The van der Waals surface area contributed by atoms with Crippen molar-refractivity contribution in [3.05, 3.63) is 68.6 Å². The van der Waals surface area contributed by atoms with Crippen molar-refractivity contribution in [1.29, 1.82) is 0 Å². The van der Waals surface area contributed by atoms with Crippen molar-refractivity contribution in [3.8, 4) is 0 Å². The Bertz CT molecular complexity index is 870. The van der Waals surface area contributed by atoms with E-state index in [2.05, 4.69) is 74.9 Å². The van der Waals surface area contributed by atoms with Crippen LogP contribution in [0.5, 0.6) is 0 Å². The number of aliphatic imine (C=N–C) groups is 1. The van der Waals surface area contributed by atoms with E-state index in [-0.39, 0.29) is 27.6 Å². The molecule has 0 spiro atoms. The van der Waals surface area contributed by atoms with E-state index in [1.807, 2.05) is 24.3 Å². The molecule has 2 atom stereocenters. The number of hydrogen-bond acceptors (Lipinski definition) is 4. The van der Waals surface area contributed by atoms with Crippen LogP contribution in [0.2, 0.25) is 0 Å². The van der Waals surface area contributed by atoms with Crippen LogP contribution in [0.1, 0.15) is 30.2 Å². The molecule has 3 nitrogen and oxygen atoms in total. The average Bonchev–Trinajstić information content (AvgIpc) is 2.89. The summed E-state index contributed by atoms with van der Waals surface area (Å²) in [7, 11) is 0. The maximum absolute atomic E-state index is 12.0. The number of aliphatic hydroxyl groups is 1. The second kappa shape index (κ2) is 8.42. The van der Waals surface area contributed by atoms with E-state index >= 15 is 0 Å². The molecule has 150 valence electrons. The zero-order chi connectivity index (χ0) is 19.2. The number of benzene rings is 2. The van der Waals surface area contributed by atoms with Gasteiger partial charge < -0.3 is 10.0 Å². The lowest BCUT2D eigenvalue weighted by atomic mass is 9.87. The van der Waals surface area contributed by atoms with Gasteiger partial charge in [-0.05, 0) is 35.4 Å². The topological polar surface area (TPSA) is 35.8 Å². The number of rotatable bonds is 3. The number of hydrogen-bond donors (Lipinski definition) is 1. The normalized spacial score (nSPS) is 25.7. The van der Waals surface area contributed by atoms with Gasteiger partial charge in [-0.25, -0.2) is 0 Å². The lowest BCUT2D eigenvalue weighted by Gasteiger charge is -2.43. The predicted octanol–water partition coefficient (Wildman–Crippen LogP) is 6.21. The first kappa shape index (κ1) is 22.3. The molecule has 2 aliphatic rings. The fourth-order valence-corrected chi connectivity index (χ4v) is 5.64. The van der Waals surface area contributed by atoms with Crippen LogP contribution in [0.15, 0.2) is 62.5 Å². The zero-order valence-corrected chi connectivity index (χ0v) is 21.4. The maximum atomic E-state index is 12.0. The second-order valence-electron chi connectivity index (χ2n) is 8.08. The third kappa shape index (κ3) is 4.38. The summed E-state index contributed by atoms with van der Waals surface area (Å²) in [4.78, 5) is 6.95. The summed E-state index contributed by atoms with van der Waals surface area (Å²) in [6.45, 7) is 6.03. The summed E-state index contributed by atoms with van der Waals surface area (Å²) in [6, 6.07) is 16.5. The summed E-state index contributed by atoms with van der Waals surface area (Å²) in [6.07, 6.45) is 0.559. The van der Waals surface area contributed by atoms with Gasteiger partial charge in [0.25, 0.3) is 0 Å². The van der Waals surface area contributed by atoms with Gasteiger partial charge in [0.2, 0.25) is 0 Å². The summed E-state index contributed by atoms with van der Waals surface area (Å²) in [5, 5.41) is 12.9. The van der Waals surface area contributed by atoms with Gasteiger partial charge in [-0.3, -0.25) is 4.99 Å². The molecule has 2 heterocycles. The van der Waals surface area contributed by atoms with Crippen LogP contribution in [0.4, 0.5) is 0 Å². The Balaban J connectivity index is 0.00000225. The van der Waals surface area contributed by atoms with Gasteiger partial charge in [0.1, 0.15) is 0 Å². The minimum atomic E-state index is -1.01. The zero-order valence-electron chi connectivity index (χ0n) is 15.7. The van der Waals surface area contributed by atoms with Gasteiger partial charge in [0.15, 0.2) is 10.9 Å². The van der Waals surface area contributed by atoms with Gasteiger partial charge in [0.05, 0.1) is 5.25 Å². The first-order chi connectivity index (χ1) is 12.8. The SMILES string of the molecule is Br.CC1(C)CN=C2SC(c3ccc(Br)cc3)C(O)(Cc3ccc(Br)cc3)N2C1. The van der Waals surface area contributed by atoms with Gasteiger partial charge >= 0.3 is 0 Å². The summed E-state index contributed by atoms with van der Waals surface area (Å²) in [5.41, 5.74) is 1.28. The molecule has 0 saturated carbocycles. The third-order valence-corrected chi connectivity index (χ3v) is 7.62. The molecular weight excluding hydrogens is 568 g/mol. The van der Waals surface area contributed by atoms with E-state index in [1.165, 1.54) is 0 Å². The standard InChI is InChI=1S/C21H22Br2N2OS.BrH/c1-20(2)12-24-19-25(13-20)21(26,11-14-3-7-16(22)8-4-14)18(27-19)15-5-9-17(23)10-6-15;/h3-10,18,26H,11-13H2,1-2H3;1H. The summed E-state index contributed by atoms with van der Waals surface area (Å²) >= 11 is 8.69. The molecule has 28 heavy (non-hydrogen) atoms. The van der Waals surface area contributed by atoms with E-state index in [4.69, 9.17) is 4.99 Å². The van der Waals surface area contributed by atoms with Gasteiger partial charge in [-0.1, -0.05) is 81.7 Å². The van der Waals surface area contributed by atoms with E-state index in [0.29, 0.717) is 6.42 Å². The molecule has 0 amide bonds. The van der Waals surface area contributed by atoms with Crippen LogP contribution in [0, 0.1) is 5.41 Å². The minimum absolute atomic E-state index is 0. The molecule has 2 aliphatic heterocycles. The first-order valence-electron chi connectivity index (χ1n) is 8.98. The highest BCUT2D eigenvalue weighted by molar-refractivity contribution is 9.10. The van der Waals surface area contributed by atoms with Crippen LogP contribution in [-0.2, 0) is 6.42 Å². The van der Waals surface area contributed by atoms with Crippen molar-refractivity contribution in [2.45, 2.75) is 31.2 Å². The Hall–Kier alpha value is -0.340. The van der Waals surface area contributed by atoms with Crippen LogP contribution in [0.3, 0.4) is 0 Å². The van der Waals surface area contributed by atoms with E-state index in [1.54, 1.807) is 11.8 Å². The molecule has 4 rings (SSSR count). The van der Waals surface area contributed by atoms with Crippen molar-refractivity contribution < 1.29 is 5.11 Å². The molecule has 7 heteroatoms. The molecule has 0 aliphatic carbocycles. The lowest BCUT2D eigenvalue weighted by molar-refractivity contribution is -0.0781. The van der Waals surface area contributed by atoms with Gasteiger partial charge in [0, 0.05) is 33.9 Å². The molecule has 2 aromatic rings. The fourth-order valence-electron chi connectivity index (χ4n) is 3.72. The lowest BCUT2D eigenvalue weighted by Crippen LogP contribution is -2.55. The Kier molecular flexibility index (Phi) is 6.72. The van der Waals surface area contributed by atoms with Crippen molar-refractivity contribution >= 4 is 65.8 Å². The molecule has 1 N–H and O–H groups in total. The Labute approximate surface area is 198 Å². The Morgan fingerprint density at radius 3 is 2.25 bits per heavy atom. The minimum Gasteiger partial charge on any atom is -0.369 e. The van der Waals surface area contributed by atoms with Crippen LogP contribution in [0.25, 0.3) is 0 Å². The number of nitrogens with zero attached hydrogens (tertiary/aromatic N) is 2.